The maximum absolute atomic E-state index is 12.3. The van der Waals surface area contributed by atoms with E-state index in [0.29, 0.717) is 0 Å². The summed E-state index contributed by atoms with van der Waals surface area (Å²) in [5, 5.41) is 0. The van der Waals surface area contributed by atoms with Crippen molar-refractivity contribution in [1.82, 2.24) is 4.90 Å². The summed E-state index contributed by atoms with van der Waals surface area (Å²) < 4.78 is -0.0237. The molecule has 1 aliphatic heterocycles. The molecule has 0 spiro atoms. The standard InChI is InChI=1S/C12H21IN2O2/c1-7-5-8(13)11(17)15(7)9(6-14)10(16)12(2,3)4/h7-9H,5-6,14H2,1-4H3/t7?,8?,9-/m0/s1. The Bertz CT molecular complexity index is 325. The van der Waals surface area contributed by atoms with Crippen molar-refractivity contribution in [2.24, 2.45) is 11.1 Å². The van der Waals surface area contributed by atoms with Gasteiger partial charge in [-0.1, -0.05) is 43.4 Å². The number of ketones is 1. The summed E-state index contributed by atoms with van der Waals surface area (Å²) in [4.78, 5) is 26.0. The van der Waals surface area contributed by atoms with E-state index >= 15 is 0 Å². The van der Waals surface area contributed by atoms with Crippen molar-refractivity contribution in [3.63, 3.8) is 0 Å². The zero-order chi connectivity index (χ0) is 13.4. The molecular formula is C12H21IN2O2. The van der Waals surface area contributed by atoms with E-state index in [0.717, 1.165) is 6.42 Å². The van der Waals surface area contributed by atoms with Gasteiger partial charge in [0.2, 0.25) is 5.91 Å². The van der Waals surface area contributed by atoms with Crippen LogP contribution in [0.1, 0.15) is 34.1 Å². The molecule has 1 fully saturated rings. The molecule has 0 aromatic carbocycles. The van der Waals surface area contributed by atoms with Crippen LogP contribution >= 0.6 is 22.6 Å². The Morgan fingerprint density at radius 1 is 1.59 bits per heavy atom. The SMILES string of the molecule is CC1CC(I)C(=O)N1[C@@H](CN)C(=O)C(C)(C)C. The maximum Gasteiger partial charge on any atom is 0.236 e. The van der Waals surface area contributed by atoms with E-state index in [4.69, 9.17) is 5.73 Å². The molecular weight excluding hydrogens is 331 g/mol. The predicted molar refractivity (Wildman–Crippen MR) is 76.0 cm³/mol. The molecule has 3 atom stereocenters. The van der Waals surface area contributed by atoms with Gasteiger partial charge in [0.15, 0.2) is 5.78 Å². The first kappa shape index (κ1) is 14.9. The second kappa shape index (κ2) is 5.22. The molecule has 98 valence electrons. The second-order valence-electron chi connectivity index (χ2n) is 5.66. The first-order valence-electron chi connectivity index (χ1n) is 5.90. The Kier molecular flexibility index (Phi) is 4.57. The number of hydrogen-bond donors (Lipinski definition) is 1. The molecule has 1 saturated heterocycles. The van der Waals surface area contributed by atoms with Gasteiger partial charge in [0.05, 0.1) is 3.92 Å². The first-order valence-corrected chi connectivity index (χ1v) is 7.15. The lowest BCUT2D eigenvalue weighted by Gasteiger charge is -2.33. The van der Waals surface area contributed by atoms with Crippen LogP contribution in [0, 0.1) is 5.41 Å². The summed E-state index contributed by atoms with van der Waals surface area (Å²) in [6, 6.07) is -0.374. The van der Waals surface area contributed by atoms with Gasteiger partial charge >= 0.3 is 0 Å². The Morgan fingerprint density at radius 2 is 2.12 bits per heavy atom. The Balaban J connectivity index is 2.96. The number of Topliss-reactive ketones (excluding diaryl/α,β-unsaturated/α-hetero) is 1. The smallest absolute Gasteiger partial charge is 0.236 e. The average molecular weight is 352 g/mol. The molecule has 1 rings (SSSR count). The van der Waals surface area contributed by atoms with E-state index in [1.807, 2.05) is 27.7 Å². The van der Waals surface area contributed by atoms with Crippen LogP contribution in [0.25, 0.3) is 0 Å². The highest BCUT2D eigenvalue weighted by Gasteiger charge is 2.43. The highest BCUT2D eigenvalue weighted by Crippen LogP contribution is 2.29. The summed E-state index contributed by atoms with van der Waals surface area (Å²) in [5.74, 6) is 0.0943. The van der Waals surface area contributed by atoms with Gasteiger partial charge in [-0.05, 0) is 13.3 Å². The third kappa shape index (κ3) is 2.99. The minimum Gasteiger partial charge on any atom is -0.328 e. The topological polar surface area (TPSA) is 63.4 Å². The molecule has 0 aromatic rings. The molecule has 17 heavy (non-hydrogen) atoms. The minimum atomic E-state index is -0.475. The minimum absolute atomic E-state index is 0.0237. The summed E-state index contributed by atoms with van der Waals surface area (Å²) in [6.45, 7) is 7.78. The summed E-state index contributed by atoms with van der Waals surface area (Å²) in [5.41, 5.74) is 5.24. The van der Waals surface area contributed by atoms with Crippen LogP contribution in [0.3, 0.4) is 0 Å². The van der Waals surface area contributed by atoms with Crippen molar-refractivity contribution < 1.29 is 9.59 Å². The number of halogens is 1. The van der Waals surface area contributed by atoms with Gasteiger partial charge in [-0.2, -0.15) is 0 Å². The van der Waals surface area contributed by atoms with Gasteiger partial charge < -0.3 is 10.6 Å². The van der Waals surface area contributed by atoms with Crippen molar-refractivity contribution in [2.75, 3.05) is 6.54 Å². The number of carbonyl (C=O) groups is 2. The monoisotopic (exact) mass is 352 g/mol. The quantitative estimate of drug-likeness (QED) is 0.616. The fourth-order valence-electron chi connectivity index (χ4n) is 2.20. The average Bonchev–Trinajstić information content (AvgIpc) is 2.44. The lowest BCUT2D eigenvalue weighted by atomic mass is 9.85. The number of hydrogen-bond acceptors (Lipinski definition) is 3. The van der Waals surface area contributed by atoms with Gasteiger partial charge in [0.1, 0.15) is 6.04 Å². The van der Waals surface area contributed by atoms with Crippen LogP contribution in [0.5, 0.6) is 0 Å². The fourth-order valence-corrected chi connectivity index (χ4v) is 3.26. The lowest BCUT2D eigenvalue weighted by Crippen LogP contribution is -2.53. The zero-order valence-corrected chi connectivity index (χ0v) is 13.0. The third-order valence-electron chi connectivity index (χ3n) is 3.15. The number of carbonyl (C=O) groups excluding carboxylic acids is 2. The Hall–Kier alpha value is -0.170. The molecule has 0 saturated carbocycles. The molecule has 1 aliphatic rings. The number of nitrogens with zero attached hydrogens (tertiary/aromatic N) is 1. The molecule has 0 bridgehead atoms. The largest absolute Gasteiger partial charge is 0.328 e. The van der Waals surface area contributed by atoms with Crippen LogP contribution < -0.4 is 5.73 Å². The number of amides is 1. The van der Waals surface area contributed by atoms with Gasteiger partial charge in [-0.3, -0.25) is 9.59 Å². The van der Waals surface area contributed by atoms with Gasteiger partial charge in [-0.15, -0.1) is 0 Å². The van der Waals surface area contributed by atoms with E-state index in [9.17, 15) is 9.59 Å². The molecule has 2 N–H and O–H groups in total. The van der Waals surface area contributed by atoms with Crippen LogP contribution in [-0.4, -0.2) is 39.1 Å². The van der Waals surface area contributed by atoms with Crippen molar-refractivity contribution in [2.45, 2.75) is 50.1 Å². The van der Waals surface area contributed by atoms with Crippen LogP contribution in [0.2, 0.25) is 0 Å². The molecule has 1 heterocycles. The second-order valence-corrected chi connectivity index (χ2v) is 7.17. The summed E-state index contributed by atoms with van der Waals surface area (Å²) >= 11 is 2.14. The summed E-state index contributed by atoms with van der Waals surface area (Å²) in [6.07, 6.45) is 0.799. The van der Waals surface area contributed by atoms with Crippen molar-refractivity contribution in [3.8, 4) is 0 Å². The van der Waals surface area contributed by atoms with Gasteiger partial charge in [-0.25, -0.2) is 0 Å². The highest BCUT2D eigenvalue weighted by molar-refractivity contribution is 14.1. The molecule has 0 aromatic heterocycles. The number of alkyl halides is 1. The molecule has 1 amide bonds. The van der Waals surface area contributed by atoms with E-state index < -0.39 is 11.5 Å². The van der Waals surface area contributed by atoms with Crippen LogP contribution in [0.4, 0.5) is 0 Å². The highest BCUT2D eigenvalue weighted by atomic mass is 127. The third-order valence-corrected chi connectivity index (χ3v) is 4.19. The van der Waals surface area contributed by atoms with Crippen molar-refractivity contribution in [1.29, 1.82) is 0 Å². The maximum atomic E-state index is 12.3. The molecule has 4 nitrogen and oxygen atoms in total. The van der Waals surface area contributed by atoms with E-state index in [1.54, 1.807) is 4.90 Å². The van der Waals surface area contributed by atoms with Crippen LogP contribution in [0.15, 0.2) is 0 Å². The van der Waals surface area contributed by atoms with Crippen molar-refractivity contribution >= 4 is 34.3 Å². The number of nitrogens with two attached hydrogens (primary N) is 1. The van der Waals surface area contributed by atoms with E-state index in [2.05, 4.69) is 22.6 Å². The van der Waals surface area contributed by atoms with E-state index in [-0.39, 0.29) is 28.2 Å². The predicted octanol–water partition coefficient (Wildman–Crippen LogP) is 1.35. The number of rotatable bonds is 3. The summed E-state index contributed by atoms with van der Waals surface area (Å²) in [7, 11) is 0. The zero-order valence-electron chi connectivity index (χ0n) is 10.9. The number of likely N-dealkylation sites (tertiary alicyclic amines) is 1. The molecule has 0 aliphatic carbocycles. The first-order chi connectivity index (χ1) is 7.70. The Labute approximate surface area is 116 Å². The van der Waals surface area contributed by atoms with Crippen molar-refractivity contribution in [3.05, 3.63) is 0 Å². The van der Waals surface area contributed by atoms with Gasteiger partial charge in [0.25, 0.3) is 0 Å². The normalized spacial score (nSPS) is 27.4. The fraction of sp³-hybridized carbons (Fsp3) is 0.833. The van der Waals surface area contributed by atoms with Crippen LogP contribution in [-0.2, 0) is 9.59 Å². The molecule has 0 radical (unpaired) electrons. The molecule has 2 unspecified atom stereocenters. The van der Waals surface area contributed by atoms with Gasteiger partial charge in [0, 0.05) is 18.0 Å². The molecule has 5 heteroatoms. The lowest BCUT2D eigenvalue weighted by molar-refractivity contribution is -0.140. The van der Waals surface area contributed by atoms with E-state index in [1.165, 1.54) is 0 Å². The Morgan fingerprint density at radius 3 is 2.41 bits per heavy atom.